The van der Waals surface area contributed by atoms with Gasteiger partial charge in [-0.2, -0.15) is 0 Å². The Hall–Kier alpha value is -1.10. The van der Waals surface area contributed by atoms with Crippen molar-refractivity contribution in [3.8, 4) is 0 Å². The summed E-state index contributed by atoms with van der Waals surface area (Å²) in [4.78, 5) is 16.2. The van der Waals surface area contributed by atoms with Gasteiger partial charge in [-0.05, 0) is 28.3 Å². The standard InChI is InChI=1S/C13H16BrN3O/c1-3-11-7(2)6-15-9-4-8(18)5-10-12(9)17(11)13(14)16-10/h4,7,11,15H,3,5-6H2,1-2H3. The zero-order chi connectivity index (χ0) is 12.9. The first-order valence-electron chi connectivity index (χ1n) is 6.37. The van der Waals surface area contributed by atoms with Gasteiger partial charge < -0.3 is 9.88 Å². The first-order chi connectivity index (χ1) is 8.61. The van der Waals surface area contributed by atoms with Gasteiger partial charge in [-0.15, -0.1) is 0 Å². The third-order valence-electron chi connectivity index (χ3n) is 3.86. The molecular formula is C13H16BrN3O. The van der Waals surface area contributed by atoms with Crippen LogP contribution >= 0.6 is 15.9 Å². The van der Waals surface area contributed by atoms with Crippen molar-refractivity contribution in [2.45, 2.75) is 32.7 Å². The second-order valence-electron chi connectivity index (χ2n) is 5.08. The molecule has 0 saturated heterocycles. The molecule has 0 radical (unpaired) electrons. The van der Waals surface area contributed by atoms with Crippen molar-refractivity contribution in [3.05, 3.63) is 22.2 Å². The lowest BCUT2D eigenvalue weighted by molar-refractivity contribution is -0.114. The molecule has 1 aliphatic carbocycles. The van der Waals surface area contributed by atoms with Gasteiger partial charge in [0, 0.05) is 18.7 Å². The molecule has 2 heterocycles. The van der Waals surface area contributed by atoms with E-state index in [9.17, 15) is 4.79 Å². The number of nitrogens with zero attached hydrogens (tertiary/aromatic N) is 2. The molecule has 1 aromatic rings. The minimum absolute atomic E-state index is 0.129. The highest BCUT2D eigenvalue weighted by Crippen LogP contribution is 2.36. The summed E-state index contributed by atoms with van der Waals surface area (Å²) in [7, 11) is 0. The van der Waals surface area contributed by atoms with E-state index >= 15 is 0 Å². The number of allylic oxidation sites excluding steroid dienone is 1. The molecule has 96 valence electrons. The van der Waals surface area contributed by atoms with Crippen molar-refractivity contribution < 1.29 is 4.79 Å². The molecule has 2 unspecified atom stereocenters. The van der Waals surface area contributed by atoms with Gasteiger partial charge >= 0.3 is 0 Å². The Bertz CT molecular complexity index is 547. The number of hydrogen-bond acceptors (Lipinski definition) is 3. The number of halogens is 1. The first-order valence-corrected chi connectivity index (χ1v) is 7.16. The average Bonchev–Trinajstić information content (AvgIpc) is 2.55. The molecule has 0 spiro atoms. The molecule has 18 heavy (non-hydrogen) atoms. The largest absolute Gasteiger partial charge is 0.383 e. The van der Waals surface area contributed by atoms with Crippen LogP contribution in [0.1, 0.15) is 37.7 Å². The summed E-state index contributed by atoms with van der Waals surface area (Å²) in [5.74, 6) is 0.635. The van der Waals surface area contributed by atoms with Crippen LogP contribution in [0.3, 0.4) is 0 Å². The number of nitrogens with one attached hydrogen (secondary N) is 1. The molecule has 3 rings (SSSR count). The van der Waals surface area contributed by atoms with Gasteiger partial charge in [0.05, 0.1) is 23.5 Å². The van der Waals surface area contributed by atoms with Gasteiger partial charge in [-0.25, -0.2) is 4.98 Å². The molecule has 0 saturated carbocycles. The lowest BCUT2D eigenvalue weighted by Crippen LogP contribution is -2.23. The second kappa shape index (κ2) is 4.23. The van der Waals surface area contributed by atoms with Gasteiger partial charge in [0.25, 0.3) is 0 Å². The van der Waals surface area contributed by atoms with Crippen molar-refractivity contribution in [3.63, 3.8) is 0 Å². The van der Waals surface area contributed by atoms with Crippen LogP contribution in [-0.4, -0.2) is 21.9 Å². The highest BCUT2D eigenvalue weighted by Gasteiger charge is 2.32. The quantitative estimate of drug-likeness (QED) is 0.866. The molecule has 4 nitrogen and oxygen atoms in total. The molecule has 5 heteroatoms. The smallest absolute Gasteiger partial charge is 0.178 e. The van der Waals surface area contributed by atoms with E-state index in [2.05, 4.69) is 44.6 Å². The number of aromatic nitrogens is 2. The normalized spacial score (nSPS) is 26.2. The van der Waals surface area contributed by atoms with Crippen LogP contribution in [0.5, 0.6) is 0 Å². The van der Waals surface area contributed by atoms with E-state index in [4.69, 9.17) is 0 Å². The van der Waals surface area contributed by atoms with Gasteiger partial charge in [0.15, 0.2) is 10.5 Å². The molecule has 0 aromatic carbocycles. The summed E-state index contributed by atoms with van der Waals surface area (Å²) in [5, 5.41) is 3.40. The van der Waals surface area contributed by atoms with E-state index in [1.54, 1.807) is 6.08 Å². The SMILES string of the molecule is CCC1C(C)CNC2=CC(=O)Cc3nc(Br)n1c32. The van der Waals surface area contributed by atoms with E-state index in [0.29, 0.717) is 18.4 Å². The van der Waals surface area contributed by atoms with Crippen molar-refractivity contribution >= 4 is 27.4 Å². The molecule has 0 bridgehead atoms. The van der Waals surface area contributed by atoms with Crippen LogP contribution < -0.4 is 5.32 Å². The number of carbonyl (C=O) groups is 1. The number of hydrogen-bond donors (Lipinski definition) is 1. The first kappa shape index (κ1) is 12.0. The maximum atomic E-state index is 11.7. The minimum atomic E-state index is 0.129. The van der Waals surface area contributed by atoms with Crippen LogP contribution in [0.4, 0.5) is 0 Å². The van der Waals surface area contributed by atoms with Crippen LogP contribution in [-0.2, 0) is 11.2 Å². The lowest BCUT2D eigenvalue weighted by atomic mass is 9.99. The fourth-order valence-electron chi connectivity index (χ4n) is 2.99. The Morgan fingerprint density at radius 1 is 1.61 bits per heavy atom. The molecule has 0 amide bonds. The fraction of sp³-hybridized carbons (Fsp3) is 0.538. The van der Waals surface area contributed by atoms with Gasteiger partial charge in [0.2, 0.25) is 0 Å². The van der Waals surface area contributed by atoms with Crippen molar-refractivity contribution in [2.75, 3.05) is 6.54 Å². The highest BCUT2D eigenvalue weighted by molar-refractivity contribution is 9.10. The van der Waals surface area contributed by atoms with Gasteiger partial charge in [-0.3, -0.25) is 4.79 Å². The second-order valence-corrected chi connectivity index (χ2v) is 5.79. The summed E-state index contributed by atoms with van der Waals surface area (Å²) >= 11 is 3.55. The zero-order valence-corrected chi connectivity index (χ0v) is 12.1. The number of ketones is 1. The van der Waals surface area contributed by atoms with Crippen LogP contribution in [0, 0.1) is 5.92 Å². The highest BCUT2D eigenvalue weighted by atomic mass is 79.9. The number of carbonyl (C=O) groups excluding carboxylic acids is 1. The summed E-state index contributed by atoms with van der Waals surface area (Å²) < 4.78 is 3.09. The Morgan fingerprint density at radius 3 is 3.11 bits per heavy atom. The topological polar surface area (TPSA) is 46.9 Å². The molecular weight excluding hydrogens is 294 g/mol. The Labute approximate surface area is 115 Å². The van der Waals surface area contributed by atoms with E-state index < -0.39 is 0 Å². The Kier molecular flexibility index (Phi) is 2.81. The van der Waals surface area contributed by atoms with Crippen molar-refractivity contribution in [1.82, 2.24) is 14.9 Å². The summed E-state index contributed by atoms with van der Waals surface area (Å²) in [5.41, 5.74) is 2.92. The summed E-state index contributed by atoms with van der Waals surface area (Å²) in [6.45, 7) is 5.33. The number of rotatable bonds is 1. The van der Waals surface area contributed by atoms with Crippen molar-refractivity contribution in [2.24, 2.45) is 5.92 Å². The third-order valence-corrected chi connectivity index (χ3v) is 4.42. The molecule has 2 aliphatic rings. The monoisotopic (exact) mass is 309 g/mol. The third kappa shape index (κ3) is 1.64. The molecule has 1 aliphatic heterocycles. The van der Waals surface area contributed by atoms with Crippen molar-refractivity contribution in [1.29, 1.82) is 0 Å². The van der Waals surface area contributed by atoms with Gasteiger partial charge in [-0.1, -0.05) is 13.8 Å². The molecule has 0 fully saturated rings. The Balaban J connectivity index is 2.23. The molecule has 1 N–H and O–H groups in total. The van der Waals surface area contributed by atoms with E-state index in [1.165, 1.54) is 0 Å². The predicted octanol–water partition coefficient (Wildman–Crippen LogP) is 2.30. The van der Waals surface area contributed by atoms with E-state index in [-0.39, 0.29) is 5.78 Å². The van der Waals surface area contributed by atoms with E-state index in [0.717, 1.165) is 34.8 Å². The Morgan fingerprint density at radius 2 is 2.39 bits per heavy atom. The predicted molar refractivity (Wildman–Crippen MR) is 73.1 cm³/mol. The number of imidazole rings is 1. The van der Waals surface area contributed by atoms with Crippen LogP contribution in [0.2, 0.25) is 0 Å². The average molecular weight is 310 g/mol. The molecule has 1 aromatic heterocycles. The van der Waals surface area contributed by atoms with Gasteiger partial charge in [0.1, 0.15) is 0 Å². The lowest BCUT2D eigenvalue weighted by Gasteiger charge is -2.23. The van der Waals surface area contributed by atoms with E-state index in [1.807, 2.05) is 0 Å². The minimum Gasteiger partial charge on any atom is -0.383 e. The summed E-state index contributed by atoms with van der Waals surface area (Å²) in [6, 6.07) is 0.419. The maximum absolute atomic E-state index is 11.7. The fourth-order valence-corrected chi connectivity index (χ4v) is 3.64. The van der Waals surface area contributed by atoms with Crippen LogP contribution in [0.15, 0.2) is 10.8 Å². The molecule has 2 atom stereocenters. The maximum Gasteiger partial charge on any atom is 0.178 e. The summed E-state index contributed by atoms with van der Waals surface area (Å²) in [6.07, 6.45) is 3.19. The zero-order valence-electron chi connectivity index (χ0n) is 10.5. The van der Waals surface area contributed by atoms with Crippen LogP contribution in [0.25, 0.3) is 5.70 Å².